The van der Waals surface area contributed by atoms with Crippen LogP contribution >= 0.6 is 24.0 Å². The molecule has 1 aromatic carbocycles. The molecule has 1 amide bonds. The average molecular weight is 303 g/mol. The van der Waals surface area contributed by atoms with Crippen LogP contribution < -0.4 is 5.32 Å². The Kier molecular flexibility index (Phi) is 6.63. The lowest BCUT2D eigenvalue weighted by molar-refractivity contribution is -0.135. The van der Waals surface area contributed by atoms with Crippen molar-refractivity contribution in [3.63, 3.8) is 0 Å². The average Bonchev–Trinajstić information content (AvgIpc) is 2.39. The predicted octanol–water partition coefficient (Wildman–Crippen LogP) is 2.37. The van der Waals surface area contributed by atoms with Crippen LogP contribution in [0.25, 0.3) is 0 Å². The van der Waals surface area contributed by atoms with Crippen molar-refractivity contribution in [1.82, 2.24) is 10.2 Å². The third kappa shape index (κ3) is 4.68. The van der Waals surface area contributed by atoms with Crippen molar-refractivity contribution in [2.24, 2.45) is 5.92 Å². The first-order chi connectivity index (χ1) is 8.66. The van der Waals surface area contributed by atoms with Crippen LogP contribution in [-0.2, 0) is 11.2 Å². The summed E-state index contributed by atoms with van der Waals surface area (Å²) in [5, 5.41) is 3.99. The van der Waals surface area contributed by atoms with Gasteiger partial charge in [-0.2, -0.15) is 0 Å². The molecule has 0 spiro atoms. The monoisotopic (exact) mass is 302 g/mol. The van der Waals surface area contributed by atoms with Gasteiger partial charge in [0.15, 0.2) is 0 Å². The Morgan fingerprint density at radius 2 is 2.11 bits per heavy atom. The number of hydrogen-bond acceptors (Lipinski definition) is 2. The minimum absolute atomic E-state index is 0. The van der Waals surface area contributed by atoms with Crippen LogP contribution in [0.1, 0.15) is 12.5 Å². The van der Waals surface area contributed by atoms with E-state index < -0.39 is 0 Å². The highest BCUT2D eigenvalue weighted by Gasteiger charge is 2.21. The van der Waals surface area contributed by atoms with Crippen molar-refractivity contribution in [2.45, 2.75) is 13.3 Å². The SMILES string of the molecule is CC(Cc1cccc(Cl)c1)C(=O)N1CCNCC1.Cl. The van der Waals surface area contributed by atoms with E-state index in [1.165, 1.54) is 0 Å². The highest BCUT2D eigenvalue weighted by atomic mass is 35.5. The van der Waals surface area contributed by atoms with Crippen LogP contribution in [0.4, 0.5) is 0 Å². The van der Waals surface area contributed by atoms with Crippen molar-refractivity contribution < 1.29 is 4.79 Å². The maximum atomic E-state index is 12.3. The molecule has 1 atom stereocenters. The molecule has 1 N–H and O–H groups in total. The van der Waals surface area contributed by atoms with Crippen LogP contribution in [0.5, 0.6) is 0 Å². The maximum absolute atomic E-state index is 12.3. The lowest BCUT2D eigenvalue weighted by atomic mass is 9.99. The molecule has 19 heavy (non-hydrogen) atoms. The first kappa shape index (κ1) is 16.3. The van der Waals surface area contributed by atoms with Crippen molar-refractivity contribution in [3.8, 4) is 0 Å². The van der Waals surface area contributed by atoms with E-state index >= 15 is 0 Å². The topological polar surface area (TPSA) is 32.3 Å². The molecular formula is C14H20Cl2N2O. The quantitative estimate of drug-likeness (QED) is 0.930. The van der Waals surface area contributed by atoms with Crippen LogP contribution in [0.2, 0.25) is 5.02 Å². The number of halogens is 2. The van der Waals surface area contributed by atoms with Crippen LogP contribution in [0, 0.1) is 5.92 Å². The summed E-state index contributed by atoms with van der Waals surface area (Å²) >= 11 is 5.95. The van der Waals surface area contributed by atoms with Gasteiger partial charge in [-0.25, -0.2) is 0 Å². The number of hydrogen-bond donors (Lipinski definition) is 1. The van der Waals surface area contributed by atoms with Gasteiger partial charge in [0.2, 0.25) is 5.91 Å². The van der Waals surface area contributed by atoms with E-state index in [0.29, 0.717) is 0 Å². The highest BCUT2D eigenvalue weighted by Crippen LogP contribution is 2.16. The van der Waals surface area contributed by atoms with E-state index in [0.717, 1.165) is 43.2 Å². The summed E-state index contributed by atoms with van der Waals surface area (Å²) in [5.41, 5.74) is 1.12. The van der Waals surface area contributed by atoms with Gasteiger partial charge in [-0.1, -0.05) is 30.7 Å². The van der Waals surface area contributed by atoms with Crippen LogP contribution in [0.3, 0.4) is 0 Å². The van der Waals surface area contributed by atoms with Crippen molar-refractivity contribution >= 4 is 29.9 Å². The number of piperazine rings is 1. The van der Waals surface area contributed by atoms with Gasteiger partial charge >= 0.3 is 0 Å². The van der Waals surface area contributed by atoms with Crippen molar-refractivity contribution in [1.29, 1.82) is 0 Å². The molecule has 1 saturated heterocycles. The van der Waals surface area contributed by atoms with E-state index in [1.807, 2.05) is 36.1 Å². The molecule has 0 radical (unpaired) electrons. The Morgan fingerprint density at radius 3 is 2.74 bits per heavy atom. The molecule has 2 rings (SSSR count). The van der Waals surface area contributed by atoms with E-state index in [2.05, 4.69) is 5.32 Å². The standard InChI is InChI=1S/C14H19ClN2O.ClH/c1-11(9-12-3-2-4-13(15)10-12)14(18)17-7-5-16-6-8-17;/h2-4,10-11,16H,5-9H2,1H3;1H. The van der Waals surface area contributed by atoms with Crippen LogP contribution in [-0.4, -0.2) is 37.0 Å². The molecule has 0 saturated carbocycles. The van der Waals surface area contributed by atoms with Gasteiger partial charge in [0.05, 0.1) is 0 Å². The van der Waals surface area contributed by atoms with E-state index in [9.17, 15) is 4.79 Å². The molecule has 1 unspecified atom stereocenters. The summed E-state index contributed by atoms with van der Waals surface area (Å²) in [6.07, 6.45) is 0.753. The minimum atomic E-state index is 0. The first-order valence-electron chi connectivity index (χ1n) is 6.41. The molecule has 1 aliphatic heterocycles. The summed E-state index contributed by atoms with van der Waals surface area (Å²) in [7, 11) is 0. The summed E-state index contributed by atoms with van der Waals surface area (Å²) in [6.45, 7) is 5.42. The number of nitrogens with one attached hydrogen (secondary N) is 1. The molecule has 1 fully saturated rings. The van der Waals surface area contributed by atoms with Crippen molar-refractivity contribution in [2.75, 3.05) is 26.2 Å². The molecule has 106 valence electrons. The predicted molar refractivity (Wildman–Crippen MR) is 81.0 cm³/mol. The number of benzene rings is 1. The zero-order valence-electron chi connectivity index (χ0n) is 11.1. The Hall–Kier alpha value is -0.770. The zero-order valence-corrected chi connectivity index (χ0v) is 12.6. The van der Waals surface area contributed by atoms with Gasteiger partial charge in [0.25, 0.3) is 0 Å². The van der Waals surface area contributed by atoms with Gasteiger partial charge in [-0.3, -0.25) is 4.79 Å². The normalized spacial score (nSPS) is 16.6. The molecule has 1 heterocycles. The number of carbonyl (C=O) groups excluding carboxylic acids is 1. The van der Waals surface area contributed by atoms with E-state index in [-0.39, 0.29) is 24.2 Å². The fraction of sp³-hybridized carbons (Fsp3) is 0.500. The summed E-state index contributed by atoms with van der Waals surface area (Å²) in [6, 6.07) is 7.74. The second-order valence-electron chi connectivity index (χ2n) is 4.81. The zero-order chi connectivity index (χ0) is 13.0. The Morgan fingerprint density at radius 1 is 1.42 bits per heavy atom. The maximum Gasteiger partial charge on any atom is 0.225 e. The third-order valence-electron chi connectivity index (χ3n) is 3.28. The Balaban J connectivity index is 0.00000180. The molecule has 1 aliphatic rings. The molecule has 0 aromatic heterocycles. The fourth-order valence-electron chi connectivity index (χ4n) is 2.30. The largest absolute Gasteiger partial charge is 0.340 e. The van der Waals surface area contributed by atoms with Gasteiger partial charge < -0.3 is 10.2 Å². The minimum Gasteiger partial charge on any atom is -0.340 e. The number of amides is 1. The Bertz CT molecular complexity index is 420. The molecule has 0 aliphatic carbocycles. The van der Waals surface area contributed by atoms with E-state index in [4.69, 9.17) is 11.6 Å². The van der Waals surface area contributed by atoms with Crippen molar-refractivity contribution in [3.05, 3.63) is 34.9 Å². The molecular weight excluding hydrogens is 283 g/mol. The van der Waals surface area contributed by atoms with Crippen LogP contribution in [0.15, 0.2) is 24.3 Å². The molecule has 5 heteroatoms. The lowest BCUT2D eigenvalue weighted by Crippen LogP contribution is -2.48. The lowest BCUT2D eigenvalue weighted by Gasteiger charge is -2.29. The molecule has 3 nitrogen and oxygen atoms in total. The molecule has 1 aromatic rings. The number of nitrogens with zero attached hydrogens (tertiary/aromatic N) is 1. The summed E-state index contributed by atoms with van der Waals surface area (Å²) in [5.74, 6) is 0.262. The smallest absolute Gasteiger partial charge is 0.225 e. The summed E-state index contributed by atoms with van der Waals surface area (Å²) in [4.78, 5) is 14.2. The summed E-state index contributed by atoms with van der Waals surface area (Å²) < 4.78 is 0. The van der Waals surface area contributed by atoms with Gasteiger partial charge in [0.1, 0.15) is 0 Å². The molecule has 0 bridgehead atoms. The highest BCUT2D eigenvalue weighted by molar-refractivity contribution is 6.30. The van der Waals surface area contributed by atoms with Gasteiger partial charge in [-0.05, 0) is 24.1 Å². The third-order valence-corrected chi connectivity index (χ3v) is 3.52. The fourth-order valence-corrected chi connectivity index (χ4v) is 2.51. The van der Waals surface area contributed by atoms with Gasteiger partial charge in [0, 0.05) is 37.1 Å². The number of carbonyl (C=O) groups is 1. The van der Waals surface area contributed by atoms with Gasteiger partial charge in [-0.15, -0.1) is 12.4 Å². The Labute approximate surface area is 125 Å². The second kappa shape index (κ2) is 7.73. The first-order valence-corrected chi connectivity index (χ1v) is 6.78. The van der Waals surface area contributed by atoms with E-state index in [1.54, 1.807) is 0 Å². The second-order valence-corrected chi connectivity index (χ2v) is 5.25. The number of rotatable bonds is 3.